The van der Waals surface area contributed by atoms with Gasteiger partial charge < -0.3 is 15.7 Å². The molecule has 8 nitrogen and oxygen atoms in total. The van der Waals surface area contributed by atoms with E-state index in [4.69, 9.17) is 5.11 Å². The summed E-state index contributed by atoms with van der Waals surface area (Å²) in [7, 11) is 0. The van der Waals surface area contributed by atoms with Crippen LogP contribution in [-0.4, -0.2) is 38.7 Å². The Morgan fingerprint density at radius 1 is 1.42 bits per heavy atom. The van der Waals surface area contributed by atoms with Crippen molar-refractivity contribution in [2.75, 3.05) is 23.8 Å². The molecular formula is C11H19N5O3. The molecule has 1 rings (SSSR count). The Bertz CT molecular complexity index is 450. The molecule has 0 aliphatic rings. The molecule has 1 aromatic heterocycles. The van der Waals surface area contributed by atoms with Gasteiger partial charge in [-0.1, -0.05) is 0 Å². The number of anilines is 2. The van der Waals surface area contributed by atoms with Gasteiger partial charge in [-0.15, -0.1) is 0 Å². The fourth-order valence-electron chi connectivity index (χ4n) is 1.60. The lowest BCUT2D eigenvalue weighted by molar-refractivity contribution is -0.383. The molecule has 0 amide bonds. The number of nitrogens with zero attached hydrogens (tertiary/aromatic N) is 3. The van der Waals surface area contributed by atoms with E-state index in [0.717, 1.165) is 0 Å². The van der Waals surface area contributed by atoms with Gasteiger partial charge in [-0.3, -0.25) is 10.1 Å². The number of hydrogen-bond acceptors (Lipinski definition) is 7. The second-order valence-corrected chi connectivity index (χ2v) is 4.69. The van der Waals surface area contributed by atoms with Crippen LogP contribution in [0.4, 0.5) is 17.3 Å². The SMILES string of the molecule is CCNc1ncnc(NC(C)(C)CCO)c1[N+](=O)[O-]. The van der Waals surface area contributed by atoms with Crippen molar-refractivity contribution in [1.82, 2.24) is 9.97 Å². The summed E-state index contributed by atoms with van der Waals surface area (Å²) in [6, 6.07) is 0. The molecule has 0 aliphatic carbocycles. The molecule has 0 unspecified atom stereocenters. The summed E-state index contributed by atoms with van der Waals surface area (Å²) in [5.74, 6) is 0.333. The number of nitro groups is 1. The molecule has 0 spiro atoms. The predicted octanol–water partition coefficient (Wildman–Crippen LogP) is 1.39. The lowest BCUT2D eigenvalue weighted by Gasteiger charge is -2.25. The molecule has 19 heavy (non-hydrogen) atoms. The number of aliphatic hydroxyl groups is 1. The summed E-state index contributed by atoms with van der Waals surface area (Å²) in [6.45, 7) is 6.01. The quantitative estimate of drug-likeness (QED) is 0.506. The van der Waals surface area contributed by atoms with E-state index in [9.17, 15) is 10.1 Å². The molecule has 0 fully saturated rings. The van der Waals surface area contributed by atoms with E-state index in [2.05, 4.69) is 20.6 Å². The van der Waals surface area contributed by atoms with Crippen LogP contribution in [0.25, 0.3) is 0 Å². The third-order valence-corrected chi connectivity index (χ3v) is 2.54. The zero-order chi connectivity index (χ0) is 14.5. The molecule has 0 bridgehead atoms. The molecule has 0 aliphatic heterocycles. The average Bonchev–Trinajstić information content (AvgIpc) is 2.28. The highest BCUT2D eigenvalue weighted by Crippen LogP contribution is 2.31. The fourth-order valence-corrected chi connectivity index (χ4v) is 1.60. The maximum Gasteiger partial charge on any atom is 0.353 e. The molecule has 0 radical (unpaired) electrons. The van der Waals surface area contributed by atoms with Crippen molar-refractivity contribution in [2.24, 2.45) is 0 Å². The summed E-state index contributed by atoms with van der Waals surface area (Å²) in [6.07, 6.45) is 1.72. The Kier molecular flexibility index (Phi) is 4.99. The highest BCUT2D eigenvalue weighted by Gasteiger charge is 2.27. The van der Waals surface area contributed by atoms with Gasteiger partial charge in [0.15, 0.2) is 0 Å². The van der Waals surface area contributed by atoms with Gasteiger partial charge in [-0.25, -0.2) is 9.97 Å². The van der Waals surface area contributed by atoms with Crippen molar-refractivity contribution in [2.45, 2.75) is 32.7 Å². The molecule has 8 heteroatoms. The van der Waals surface area contributed by atoms with E-state index in [0.29, 0.717) is 13.0 Å². The highest BCUT2D eigenvalue weighted by atomic mass is 16.6. The first kappa shape index (κ1) is 15.1. The Hall–Kier alpha value is -1.96. The van der Waals surface area contributed by atoms with Gasteiger partial charge in [0.25, 0.3) is 0 Å². The van der Waals surface area contributed by atoms with Crippen molar-refractivity contribution in [3.8, 4) is 0 Å². The number of aliphatic hydroxyl groups excluding tert-OH is 1. The van der Waals surface area contributed by atoms with E-state index < -0.39 is 10.5 Å². The molecule has 0 saturated carbocycles. The zero-order valence-corrected chi connectivity index (χ0v) is 11.3. The minimum Gasteiger partial charge on any atom is -0.396 e. The van der Waals surface area contributed by atoms with Crippen molar-refractivity contribution in [3.63, 3.8) is 0 Å². The van der Waals surface area contributed by atoms with Crippen LogP contribution in [0.15, 0.2) is 6.33 Å². The molecule has 106 valence electrons. The summed E-state index contributed by atoms with van der Waals surface area (Å²) >= 11 is 0. The zero-order valence-electron chi connectivity index (χ0n) is 11.3. The standard InChI is InChI=1S/C11H19N5O3/c1-4-12-9-8(16(18)19)10(14-7-13-9)15-11(2,3)5-6-17/h7,17H,4-6H2,1-3H3,(H2,12,13,14,15). The Balaban J connectivity index is 3.13. The molecule has 0 atom stereocenters. The molecule has 0 aromatic carbocycles. The minimum atomic E-state index is -0.518. The van der Waals surface area contributed by atoms with Gasteiger partial charge in [0.05, 0.1) is 4.92 Å². The van der Waals surface area contributed by atoms with Crippen LogP contribution in [0.2, 0.25) is 0 Å². The van der Waals surface area contributed by atoms with Gasteiger partial charge in [0.2, 0.25) is 11.6 Å². The Labute approximate surface area is 111 Å². The topological polar surface area (TPSA) is 113 Å². The monoisotopic (exact) mass is 269 g/mol. The van der Waals surface area contributed by atoms with Crippen molar-refractivity contribution >= 4 is 17.3 Å². The van der Waals surface area contributed by atoms with Crippen LogP contribution in [-0.2, 0) is 0 Å². The molecular weight excluding hydrogens is 250 g/mol. The summed E-state index contributed by atoms with van der Waals surface area (Å²) in [5.41, 5.74) is -0.687. The number of rotatable bonds is 7. The van der Waals surface area contributed by atoms with Crippen LogP contribution in [0, 0.1) is 10.1 Å². The summed E-state index contributed by atoms with van der Waals surface area (Å²) < 4.78 is 0. The van der Waals surface area contributed by atoms with E-state index in [1.54, 1.807) is 0 Å². The number of nitrogens with one attached hydrogen (secondary N) is 2. The van der Waals surface area contributed by atoms with Crippen molar-refractivity contribution in [1.29, 1.82) is 0 Å². The Morgan fingerprint density at radius 3 is 2.58 bits per heavy atom. The van der Waals surface area contributed by atoms with Crippen LogP contribution < -0.4 is 10.6 Å². The van der Waals surface area contributed by atoms with Gasteiger partial charge in [0, 0.05) is 18.7 Å². The number of hydrogen-bond donors (Lipinski definition) is 3. The third-order valence-electron chi connectivity index (χ3n) is 2.54. The van der Waals surface area contributed by atoms with Crippen LogP contribution in [0.3, 0.4) is 0 Å². The van der Waals surface area contributed by atoms with Crippen LogP contribution in [0.5, 0.6) is 0 Å². The third kappa shape index (κ3) is 4.02. The second-order valence-electron chi connectivity index (χ2n) is 4.69. The van der Waals surface area contributed by atoms with Crippen molar-refractivity contribution < 1.29 is 10.0 Å². The Morgan fingerprint density at radius 2 is 2.05 bits per heavy atom. The molecule has 1 aromatic rings. The van der Waals surface area contributed by atoms with E-state index in [1.165, 1.54) is 6.33 Å². The van der Waals surface area contributed by atoms with E-state index in [1.807, 2.05) is 20.8 Å². The molecule has 3 N–H and O–H groups in total. The lowest BCUT2D eigenvalue weighted by Crippen LogP contribution is -2.32. The summed E-state index contributed by atoms with van der Waals surface area (Å²) in [4.78, 5) is 18.4. The highest BCUT2D eigenvalue weighted by molar-refractivity contribution is 5.69. The van der Waals surface area contributed by atoms with E-state index >= 15 is 0 Å². The second kappa shape index (κ2) is 6.28. The summed E-state index contributed by atoms with van der Waals surface area (Å²) in [5, 5.41) is 25.9. The van der Waals surface area contributed by atoms with E-state index in [-0.39, 0.29) is 23.9 Å². The van der Waals surface area contributed by atoms with Gasteiger partial charge in [-0.2, -0.15) is 0 Å². The van der Waals surface area contributed by atoms with Gasteiger partial charge in [0.1, 0.15) is 6.33 Å². The maximum atomic E-state index is 11.2. The van der Waals surface area contributed by atoms with Gasteiger partial charge >= 0.3 is 5.69 Å². The lowest BCUT2D eigenvalue weighted by atomic mass is 10.0. The average molecular weight is 269 g/mol. The predicted molar refractivity (Wildman–Crippen MR) is 72.3 cm³/mol. The normalized spacial score (nSPS) is 11.2. The first-order valence-corrected chi connectivity index (χ1v) is 6.03. The smallest absolute Gasteiger partial charge is 0.353 e. The molecule has 0 saturated heterocycles. The fraction of sp³-hybridized carbons (Fsp3) is 0.636. The first-order chi connectivity index (χ1) is 8.91. The minimum absolute atomic E-state index is 0.0149. The first-order valence-electron chi connectivity index (χ1n) is 6.03. The number of aromatic nitrogens is 2. The molecule has 1 heterocycles. The van der Waals surface area contributed by atoms with Gasteiger partial charge in [-0.05, 0) is 27.2 Å². The van der Waals surface area contributed by atoms with Crippen molar-refractivity contribution in [3.05, 3.63) is 16.4 Å². The van der Waals surface area contributed by atoms with Crippen LogP contribution in [0.1, 0.15) is 27.2 Å². The maximum absolute atomic E-state index is 11.2. The largest absolute Gasteiger partial charge is 0.396 e. The van der Waals surface area contributed by atoms with Crippen LogP contribution >= 0.6 is 0 Å².